The summed E-state index contributed by atoms with van der Waals surface area (Å²) in [6, 6.07) is 5.58. The summed E-state index contributed by atoms with van der Waals surface area (Å²) in [5.74, 6) is 0.646. The lowest BCUT2D eigenvalue weighted by atomic mass is 10.0. The van der Waals surface area contributed by atoms with Crippen molar-refractivity contribution < 1.29 is 14.3 Å². The van der Waals surface area contributed by atoms with E-state index in [1.54, 1.807) is 13.2 Å². The molecule has 0 amide bonds. The van der Waals surface area contributed by atoms with Gasteiger partial charge in [0.15, 0.2) is 0 Å². The molecule has 5 nitrogen and oxygen atoms in total. The highest BCUT2D eigenvalue weighted by molar-refractivity contribution is 5.91. The second kappa shape index (κ2) is 9.53. The number of hydrogen-bond acceptors (Lipinski definition) is 4. The summed E-state index contributed by atoms with van der Waals surface area (Å²) in [4.78, 5) is 20.0. The zero-order valence-corrected chi connectivity index (χ0v) is 16.5. The van der Waals surface area contributed by atoms with Gasteiger partial charge < -0.3 is 14.5 Å². The normalized spacial score (nSPS) is 12.2. The topological polar surface area (TPSA) is 64.2 Å². The van der Waals surface area contributed by atoms with Gasteiger partial charge >= 0.3 is 5.97 Å². The third kappa shape index (κ3) is 4.94. The Morgan fingerprint density at radius 3 is 2.65 bits per heavy atom. The number of carbonyl (C=O) groups is 1. The summed E-state index contributed by atoms with van der Waals surface area (Å²) >= 11 is 0. The zero-order valence-electron chi connectivity index (χ0n) is 16.5. The second-order valence-electron chi connectivity index (χ2n) is 6.72. The quantitative estimate of drug-likeness (QED) is 0.664. The average Bonchev–Trinajstić information content (AvgIpc) is 3.01. The Morgan fingerprint density at radius 1 is 1.23 bits per heavy atom. The van der Waals surface area contributed by atoms with Crippen molar-refractivity contribution in [3.05, 3.63) is 40.8 Å². The van der Waals surface area contributed by atoms with Gasteiger partial charge in [-0.15, -0.1) is 0 Å². The van der Waals surface area contributed by atoms with Crippen molar-refractivity contribution in [2.45, 2.75) is 59.0 Å². The van der Waals surface area contributed by atoms with Crippen LogP contribution in [0.2, 0.25) is 0 Å². The first-order valence-corrected chi connectivity index (χ1v) is 9.27. The van der Waals surface area contributed by atoms with E-state index in [4.69, 9.17) is 14.5 Å². The minimum atomic E-state index is -0.332. The van der Waals surface area contributed by atoms with E-state index in [1.807, 2.05) is 26.0 Å². The lowest BCUT2D eigenvalue weighted by Crippen LogP contribution is -2.10. The summed E-state index contributed by atoms with van der Waals surface area (Å²) in [5.41, 5.74) is 4.51. The molecule has 26 heavy (non-hydrogen) atoms. The molecule has 1 N–H and O–H groups in total. The van der Waals surface area contributed by atoms with Crippen LogP contribution < -0.4 is 0 Å². The highest BCUT2D eigenvalue weighted by atomic mass is 16.5. The third-order valence-corrected chi connectivity index (χ3v) is 4.73. The first-order valence-electron chi connectivity index (χ1n) is 9.27. The molecule has 5 heteroatoms. The van der Waals surface area contributed by atoms with Crippen LogP contribution >= 0.6 is 0 Å². The van der Waals surface area contributed by atoms with E-state index in [0.29, 0.717) is 11.7 Å². The molecule has 0 aliphatic rings. The fourth-order valence-electron chi connectivity index (χ4n) is 3.22. The van der Waals surface area contributed by atoms with Crippen LogP contribution in [0.3, 0.4) is 0 Å². The highest BCUT2D eigenvalue weighted by Gasteiger charge is 2.15. The van der Waals surface area contributed by atoms with Crippen LogP contribution in [0.4, 0.5) is 0 Å². The van der Waals surface area contributed by atoms with Gasteiger partial charge in [0, 0.05) is 24.8 Å². The standard InChI is InChI=1S/C21H30N2O3/c1-6-8-17(25-4)9-7-10-19-22-15(3)20(23-19)18-13-16(21(24)26-5)12-11-14(18)2/h11-13,17H,6-10H2,1-5H3,(H,22,23). The number of rotatable bonds is 9. The fourth-order valence-corrected chi connectivity index (χ4v) is 3.22. The molecule has 0 radical (unpaired) electrons. The maximum atomic E-state index is 11.8. The van der Waals surface area contributed by atoms with Gasteiger partial charge in [0.1, 0.15) is 5.82 Å². The number of carbonyl (C=O) groups excluding carboxylic acids is 1. The van der Waals surface area contributed by atoms with Crippen molar-refractivity contribution >= 4 is 5.97 Å². The minimum absolute atomic E-state index is 0.328. The molecule has 0 aliphatic carbocycles. The van der Waals surface area contributed by atoms with E-state index in [-0.39, 0.29) is 5.97 Å². The Hall–Kier alpha value is -2.14. The molecular weight excluding hydrogens is 328 g/mol. The number of aromatic amines is 1. The molecule has 2 aromatic rings. The molecule has 2 rings (SSSR count). The third-order valence-electron chi connectivity index (χ3n) is 4.73. The smallest absolute Gasteiger partial charge is 0.337 e. The Bertz CT molecular complexity index is 737. The van der Waals surface area contributed by atoms with Gasteiger partial charge in [-0.25, -0.2) is 9.78 Å². The van der Waals surface area contributed by atoms with Crippen LogP contribution in [0.5, 0.6) is 0 Å². The van der Waals surface area contributed by atoms with Crippen LogP contribution in [0.25, 0.3) is 11.3 Å². The fraction of sp³-hybridized carbons (Fsp3) is 0.524. The molecule has 0 spiro atoms. The lowest BCUT2D eigenvalue weighted by Gasteiger charge is -2.13. The van der Waals surface area contributed by atoms with E-state index < -0.39 is 0 Å². The number of ether oxygens (including phenoxy) is 2. The van der Waals surface area contributed by atoms with Crippen molar-refractivity contribution in [2.24, 2.45) is 0 Å². The SMILES string of the molecule is CCCC(CCCc1nc(-c2cc(C(=O)OC)ccc2C)c(C)[nH]1)OC. The molecule has 1 unspecified atom stereocenters. The molecule has 0 bridgehead atoms. The van der Waals surface area contributed by atoms with Gasteiger partial charge in [0.05, 0.1) is 24.5 Å². The summed E-state index contributed by atoms with van der Waals surface area (Å²) in [7, 11) is 3.18. The van der Waals surface area contributed by atoms with Crippen molar-refractivity contribution in [1.29, 1.82) is 0 Å². The van der Waals surface area contributed by atoms with E-state index in [0.717, 1.165) is 60.4 Å². The van der Waals surface area contributed by atoms with Gasteiger partial charge in [0.2, 0.25) is 0 Å². The molecule has 1 aromatic carbocycles. The summed E-state index contributed by atoms with van der Waals surface area (Å²) in [5, 5.41) is 0. The Labute approximate surface area is 156 Å². The van der Waals surface area contributed by atoms with E-state index in [9.17, 15) is 4.79 Å². The van der Waals surface area contributed by atoms with E-state index >= 15 is 0 Å². The van der Waals surface area contributed by atoms with Crippen molar-refractivity contribution in [3.8, 4) is 11.3 Å². The van der Waals surface area contributed by atoms with Gasteiger partial charge in [-0.2, -0.15) is 0 Å². The molecule has 0 saturated heterocycles. The van der Waals surface area contributed by atoms with Crippen LogP contribution in [0.1, 0.15) is 60.0 Å². The second-order valence-corrected chi connectivity index (χ2v) is 6.72. The van der Waals surface area contributed by atoms with E-state index in [2.05, 4.69) is 11.9 Å². The van der Waals surface area contributed by atoms with Gasteiger partial charge in [-0.3, -0.25) is 0 Å². The van der Waals surface area contributed by atoms with Crippen molar-refractivity contribution in [1.82, 2.24) is 9.97 Å². The minimum Gasteiger partial charge on any atom is -0.465 e. The number of nitrogens with zero attached hydrogens (tertiary/aromatic N) is 1. The molecule has 142 valence electrons. The van der Waals surface area contributed by atoms with Crippen LogP contribution in [-0.4, -0.2) is 36.3 Å². The monoisotopic (exact) mass is 358 g/mol. The highest BCUT2D eigenvalue weighted by Crippen LogP contribution is 2.27. The Morgan fingerprint density at radius 2 is 2.00 bits per heavy atom. The predicted octanol–water partition coefficient (Wildman–Crippen LogP) is 4.62. The molecule has 1 atom stereocenters. The molecule has 0 aliphatic heterocycles. The number of H-pyrrole nitrogens is 1. The number of aromatic nitrogens is 2. The number of esters is 1. The number of hydrogen-bond donors (Lipinski definition) is 1. The van der Waals surface area contributed by atoms with Crippen LogP contribution in [0.15, 0.2) is 18.2 Å². The van der Waals surface area contributed by atoms with Crippen LogP contribution in [0, 0.1) is 13.8 Å². The van der Waals surface area contributed by atoms with Gasteiger partial charge in [-0.1, -0.05) is 19.4 Å². The van der Waals surface area contributed by atoms with E-state index in [1.165, 1.54) is 7.11 Å². The molecule has 1 heterocycles. The molecule has 0 saturated carbocycles. The largest absolute Gasteiger partial charge is 0.465 e. The summed E-state index contributed by atoms with van der Waals surface area (Å²) in [6.07, 6.45) is 5.52. The number of benzene rings is 1. The number of methoxy groups -OCH3 is 2. The van der Waals surface area contributed by atoms with Gasteiger partial charge in [0.25, 0.3) is 0 Å². The maximum Gasteiger partial charge on any atom is 0.337 e. The lowest BCUT2D eigenvalue weighted by molar-refractivity contribution is 0.0600. The number of nitrogens with one attached hydrogen (secondary N) is 1. The first kappa shape index (κ1) is 20.2. The van der Waals surface area contributed by atoms with Crippen LogP contribution in [-0.2, 0) is 15.9 Å². The molecular formula is C21H30N2O3. The van der Waals surface area contributed by atoms with Crippen molar-refractivity contribution in [3.63, 3.8) is 0 Å². The predicted molar refractivity (Wildman–Crippen MR) is 103 cm³/mol. The summed E-state index contributed by atoms with van der Waals surface area (Å²) < 4.78 is 10.3. The first-order chi connectivity index (χ1) is 12.5. The number of imidazole rings is 1. The average molecular weight is 358 g/mol. The number of aryl methyl sites for hydroxylation is 3. The zero-order chi connectivity index (χ0) is 19.1. The van der Waals surface area contributed by atoms with Crippen molar-refractivity contribution in [2.75, 3.05) is 14.2 Å². The molecule has 0 fully saturated rings. The Kier molecular flexibility index (Phi) is 7.39. The Balaban J connectivity index is 2.14. The maximum absolute atomic E-state index is 11.8. The summed E-state index contributed by atoms with van der Waals surface area (Å²) in [6.45, 7) is 6.22. The van der Waals surface area contributed by atoms with Gasteiger partial charge in [-0.05, 0) is 50.8 Å². The molecule has 1 aromatic heterocycles.